The second-order valence-electron chi connectivity index (χ2n) is 11.6. The maximum absolute atomic E-state index is 14.2. The number of likely N-dealkylation sites (tertiary alicyclic amines) is 2. The summed E-state index contributed by atoms with van der Waals surface area (Å²) in [6.07, 6.45) is -6.85. The fraction of sp³-hybridized carbons (Fsp3) is 0.467. The number of piperidine rings is 1. The summed E-state index contributed by atoms with van der Waals surface area (Å²) in [5.41, 5.74) is -3.56. The summed E-state index contributed by atoms with van der Waals surface area (Å²) in [7, 11) is 0. The van der Waals surface area contributed by atoms with Crippen LogP contribution in [0.1, 0.15) is 61.4 Å². The molecule has 2 unspecified atom stereocenters. The van der Waals surface area contributed by atoms with Crippen molar-refractivity contribution in [3.05, 3.63) is 82.3 Å². The van der Waals surface area contributed by atoms with Gasteiger partial charge in [-0.15, -0.1) is 0 Å². The summed E-state index contributed by atoms with van der Waals surface area (Å²) in [6.45, 7) is 4.05. The summed E-state index contributed by atoms with van der Waals surface area (Å²) >= 11 is 0. The van der Waals surface area contributed by atoms with E-state index in [1.54, 1.807) is 18.2 Å². The second kappa shape index (κ2) is 10.2. The van der Waals surface area contributed by atoms with E-state index in [1.807, 2.05) is 0 Å². The van der Waals surface area contributed by atoms with Crippen molar-refractivity contribution in [1.29, 1.82) is 0 Å². The zero-order valence-corrected chi connectivity index (χ0v) is 22.5. The average molecular weight is 583 g/mol. The lowest BCUT2D eigenvalue weighted by molar-refractivity contribution is -0.145. The van der Waals surface area contributed by atoms with Crippen LogP contribution in [0.4, 0.5) is 30.7 Å². The van der Waals surface area contributed by atoms with Crippen LogP contribution in [0, 0.1) is 17.7 Å². The number of halogens is 7. The van der Waals surface area contributed by atoms with Crippen molar-refractivity contribution >= 4 is 11.7 Å². The Bertz CT molecular complexity index is 1350. The maximum Gasteiger partial charge on any atom is 0.416 e. The Labute approximate surface area is 232 Å². The molecule has 3 atom stereocenters. The highest BCUT2D eigenvalue weighted by Crippen LogP contribution is 2.47. The van der Waals surface area contributed by atoms with Gasteiger partial charge >= 0.3 is 12.4 Å². The smallest absolute Gasteiger partial charge is 0.374 e. The number of nitrogens with zero attached hydrogens (tertiary/aromatic N) is 2. The predicted molar refractivity (Wildman–Crippen MR) is 136 cm³/mol. The minimum absolute atomic E-state index is 0.0443. The van der Waals surface area contributed by atoms with E-state index < -0.39 is 52.2 Å². The van der Waals surface area contributed by atoms with Crippen LogP contribution in [-0.2, 0) is 27.4 Å². The number of allylic oxidation sites excluding steroid dienone is 2. The molecule has 220 valence electrons. The normalized spacial score (nSPS) is 23.6. The lowest BCUT2D eigenvalue weighted by atomic mass is 9.75. The Kier molecular flexibility index (Phi) is 7.22. The fourth-order valence-electron chi connectivity index (χ4n) is 6.41. The molecule has 2 saturated heterocycles. The molecule has 0 bridgehead atoms. The molecule has 2 fully saturated rings. The zero-order valence-electron chi connectivity index (χ0n) is 22.5. The van der Waals surface area contributed by atoms with Gasteiger partial charge in [-0.05, 0) is 74.1 Å². The Morgan fingerprint density at radius 3 is 1.98 bits per heavy atom. The molecule has 1 aliphatic carbocycles. The Balaban J connectivity index is 1.53. The van der Waals surface area contributed by atoms with Crippen molar-refractivity contribution in [2.75, 3.05) is 19.6 Å². The summed E-state index contributed by atoms with van der Waals surface area (Å²) in [5, 5.41) is 0. The number of carbonyl (C=O) groups excluding carboxylic acids is 2. The molecule has 0 spiro atoms. The minimum Gasteiger partial charge on any atom is -0.374 e. The molecule has 41 heavy (non-hydrogen) atoms. The fourth-order valence-corrected chi connectivity index (χ4v) is 6.41. The van der Waals surface area contributed by atoms with Crippen LogP contribution in [-0.4, -0.2) is 41.1 Å². The number of ketones is 1. The monoisotopic (exact) mass is 582 g/mol. The van der Waals surface area contributed by atoms with Crippen LogP contribution in [0.5, 0.6) is 0 Å². The van der Waals surface area contributed by atoms with Crippen molar-refractivity contribution in [2.24, 2.45) is 11.8 Å². The van der Waals surface area contributed by atoms with Crippen molar-refractivity contribution in [3.8, 4) is 0 Å². The highest BCUT2D eigenvalue weighted by molar-refractivity contribution is 5.92. The van der Waals surface area contributed by atoms with Crippen LogP contribution in [0.3, 0.4) is 0 Å². The van der Waals surface area contributed by atoms with Gasteiger partial charge < -0.3 is 9.80 Å². The first kappa shape index (κ1) is 29.1. The molecule has 0 aromatic heterocycles. The highest BCUT2D eigenvalue weighted by Gasteiger charge is 2.49. The minimum atomic E-state index is -5.05. The van der Waals surface area contributed by atoms with Crippen LogP contribution in [0.25, 0.3) is 0 Å². The molecular formula is C30H29F7N2O2. The number of fused-ring (bicyclic) bond motifs is 1. The Hall–Kier alpha value is -3.37. The van der Waals surface area contributed by atoms with E-state index >= 15 is 0 Å². The van der Waals surface area contributed by atoms with Crippen molar-refractivity contribution in [2.45, 2.75) is 56.9 Å². The molecule has 0 N–H and O–H groups in total. The molecular weight excluding hydrogens is 553 g/mol. The number of carbonyl (C=O) groups is 2. The van der Waals surface area contributed by atoms with E-state index in [4.69, 9.17) is 0 Å². The largest absolute Gasteiger partial charge is 0.416 e. The third-order valence-electron chi connectivity index (χ3n) is 8.65. The molecule has 3 aliphatic rings. The van der Waals surface area contributed by atoms with E-state index in [-0.39, 0.29) is 30.2 Å². The number of rotatable bonds is 4. The molecule has 2 aliphatic heterocycles. The van der Waals surface area contributed by atoms with Crippen molar-refractivity contribution < 1.29 is 40.3 Å². The van der Waals surface area contributed by atoms with E-state index in [9.17, 15) is 40.3 Å². The number of benzene rings is 2. The topological polar surface area (TPSA) is 40.6 Å². The van der Waals surface area contributed by atoms with Gasteiger partial charge in [0.2, 0.25) is 5.91 Å². The predicted octanol–water partition coefficient (Wildman–Crippen LogP) is 6.91. The SMILES string of the molecule is CC(C)(C(=O)N1CCC2CN(C3=CC(=O)CC3)C[C@H]2C1c1ccc(F)cc1)c1cc(C(F)(F)F)cc(C(F)(F)F)c1. The van der Waals surface area contributed by atoms with Gasteiger partial charge in [-0.1, -0.05) is 12.1 Å². The lowest BCUT2D eigenvalue weighted by Crippen LogP contribution is -2.51. The summed E-state index contributed by atoms with van der Waals surface area (Å²) in [6, 6.07) is 6.32. The average Bonchev–Trinajstić information content (AvgIpc) is 3.53. The van der Waals surface area contributed by atoms with Crippen LogP contribution in [0.15, 0.2) is 54.2 Å². The van der Waals surface area contributed by atoms with Gasteiger partial charge in [0.1, 0.15) is 5.82 Å². The van der Waals surface area contributed by atoms with Gasteiger partial charge in [0.25, 0.3) is 0 Å². The van der Waals surface area contributed by atoms with Crippen LogP contribution >= 0.6 is 0 Å². The number of alkyl halides is 6. The molecule has 4 nitrogen and oxygen atoms in total. The highest BCUT2D eigenvalue weighted by atomic mass is 19.4. The molecule has 2 aromatic carbocycles. The van der Waals surface area contributed by atoms with E-state index in [2.05, 4.69) is 4.90 Å². The van der Waals surface area contributed by atoms with E-state index in [0.29, 0.717) is 50.0 Å². The second-order valence-corrected chi connectivity index (χ2v) is 11.6. The third-order valence-corrected chi connectivity index (χ3v) is 8.65. The first-order valence-corrected chi connectivity index (χ1v) is 13.4. The molecule has 0 saturated carbocycles. The van der Waals surface area contributed by atoms with Gasteiger partial charge in [-0.25, -0.2) is 4.39 Å². The molecule has 2 heterocycles. The summed E-state index contributed by atoms with van der Waals surface area (Å²) in [4.78, 5) is 29.7. The van der Waals surface area contributed by atoms with E-state index in [0.717, 1.165) is 5.70 Å². The Morgan fingerprint density at radius 2 is 1.44 bits per heavy atom. The number of hydrogen-bond donors (Lipinski definition) is 0. The van der Waals surface area contributed by atoms with Gasteiger partial charge in [0.05, 0.1) is 22.6 Å². The van der Waals surface area contributed by atoms with Gasteiger partial charge in [0.15, 0.2) is 5.78 Å². The first-order valence-electron chi connectivity index (χ1n) is 13.4. The summed E-state index contributed by atoms with van der Waals surface area (Å²) in [5.74, 6) is -1.07. The number of hydrogen-bond acceptors (Lipinski definition) is 3. The molecule has 2 aromatic rings. The van der Waals surface area contributed by atoms with Crippen molar-refractivity contribution in [1.82, 2.24) is 9.80 Å². The van der Waals surface area contributed by atoms with Crippen LogP contribution in [0.2, 0.25) is 0 Å². The van der Waals surface area contributed by atoms with E-state index in [1.165, 1.54) is 30.9 Å². The first-order chi connectivity index (χ1) is 19.1. The third kappa shape index (κ3) is 5.59. The quantitative estimate of drug-likeness (QED) is 0.368. The van der Waals surface area contributed by atoms with Gasteiger partial charge in [-0.3, -0.25) is 9.59 Å². The Morgan fingerprint density at radius 1 is 0.854 bits per heavy atom. The number of amides is 1. The molecule has 1 amide bonds. The molecule has 0 radical (unpaired) electrons. The van der Waals surface area contributed by atoms with Crippen molar-refractivity contribution in [3.63, 3.8) is 0 Å². The zero-order chi connectivity index (χ0) is 29.9. The maximum atomic E-state index is 14.2. The molecule has 5 rings (SSSR count). The molecule has 11 heteroatoms. The van der Waals surface area contributed by atoms with Gasteiger partial charge in [-0.2, -0.15) is 26.3 Å². The summed E-state index contributed by atoms with van der Waals surface area (Å²) < 4.78 is 95.5. The van der Waals surface area contributed by atoms with Crippen LogP contribution < -0.4 is 0 Å². The lowest BCUT2D eigenvalue weighted by Gasteiger charge is -2.45. The van der Waals surface area contributed by atoms with Gasteiger partial charge in [0, 0.05) is 43.7 Å². The standard InChI is InChI=1S/C30H29F7N2O2/c1-28(2,19-11-20(29(32,33)34)13-21(12-19)30(35,36)37)27(41)39-10-9-18-15-38(23-7-8-24(40)14-23)16-25(18)26(39)17-3-5-22(31)6-4-17/h3-6,11-14,18,25-26H,7-10,15-16H2,1-2H3/t18?,25-,26?/m1/s1.